The predicted octanol–water partition coefficient (Wildman–Crippen LogP) is 3.69. The zero-order chi connectivity index (χ0) is 19.9. The minimum atomic E-state index is -0.218. The fraction of sp³-hybridized carbons (Fsp3) is 0.364. The average molecular weight is 382 g/mol. The molecule has 0 heterocycles. The van der Waals surface area contributed by atoms with E-state index < -0.39 is 0 Å². The van der Waals surface area contributed by atoms with Crippen LogP contribution in [0.5, 0.6) is 11.5 Å². The van der Waals surface area contributed by atoms with Crippen molar-refractivity contribution >= 4 is 17.5 Å². The van der Waals surface area contributed by atoms with E-state index in [1.54, 1.807) is 6.07 Å². The Labute approximate surface area is 165 Å². The number of benzene rings is 2. The molecule has 0 radical (unpaired) electrons. The van der Waals surface area contributed by atoms with Crippen LogP contribution in [0.25, 0.3) is 0 Å². The number of ether oxygens (including phenoxy) is 2. The van der Waals surface area contributed by atoms with E-state index >= 15 is 0 Å². The summed E-state index contributed by atoms with van der Waals surface area (Å²) < 4.78 is 11.1. The number of carbonyl (C=O) groups excluding carboxylic acids is 2. The highest BCUT2D eigenvalue weighted by atomic mass is 16.5. The van der Waals surface area contributed by atoms with Crippen LogP contribution in [0.4, 0.5) is 5.69 Å². The van der Waals surface area contributed by atoms with Crippen molar-refractivity contribution in [1.29, 1.82) is 0 Å². The number of amides is 2. The van der Waals surface area contributed by atoms with Gasteiger partial charge in [0.05, 0.1) is 12.6 Å². The van der Waals surface area contributed by atoms with Crippen LogP contribution in [0.15, 0.2) is 48.5 Å². The van der Waals surface area contributed by atoms with Crippen molar-refractivity contribution in [1.82, 2.24) is 5.32 Å². The summed E-state index contributed by atoms with van der Waals surface area (Å²) in [5.41, 5.74) is 1.72. The standard InChI is InChI=1S/C22H26N2O4/c1-3-27-19-6-4-5-7-20(19)28-14-21(25)23-15(2)16-10-12-18(13-11-16)24-22(26)17-8-9-17/h4-7,10-13,15,17H,3,8-9,14H2,1-2H3,(H,23,25)(H,24,26). The van der Waals surface area contributed by atoms with E-state index in [-0.39, 0.29) is 30.4 Å². The summed E-state index contributed by atoms with van der Waals surface area (Å²) in [6.07, 6.45) is 1.95. The van der Waals surface area contributed by atoms with Crippen LogP contribution in [0.3, 0.4) is 0 Å². The Hall–Kier alpha value is -3.02. The van der Waals surface area contributed by atoms with Gasteiger partial charge in [0, 0.05) is 11.6 Å². The molecule has 1 atom stereocenters. The van der Waals surface area contributed by atoms with Gasteiger partial charge in [-0.2, -0.15) is 0 Å². The summed E-state index contributed by atoms with van der Waals surface area (Å²) in [6.45, 7) is 4.24. The van der Waals surface area contributed by atoms with E-state index in [0.29, 0.717) is 18.1 Å². The van der Waals surface area contributed by atoms with Crippen LogP contribution in [0.1, 0.15) is 38.3 Å². The van der Waals surface area contributed by atoms with Crippen molar-refractivity contribution in [3.05, 3.63) is 54.1 Å². The minimum Gasteiger partial charge on any atom is -0.490 e. The molecule has 3 rings (SSSR count). The summed E-state index contributed by atoms with van der Waals surface area (Å²) in [4.78, 5) is 24.0. The molecule has 1 aliphatic carbocycles. The molecule has 0 saturated heterocycles. The fourth-order valence-electron chi connectivity index (χ4n) is 2.80. The van der Waals surface area contributed by atoms with Crippen LogP contribution >= 0.6 is 0 Å². The first-order valence-corrected chi connectivity index (χ1v) is 9.61. The number of hydrogen-bond acceptors (Lipinski definition) is 4. The van der Waals surface area contributed by atoms with Gasteiger partial charge in [-0.15, -0.1) is 0 Å². The highest BCUT2D eigenvalue weighted by molar-refractivity contribution is 5.94. The number of carbonyl (C=O) groups is 2. The van der Waals surface area contributed by atoms with Crippen molar-refractivity contribution in [2.75, 3.05) is 18.5 Å². The van der Waals surface area contributed by atoms with Crippen molar-refractivity contribution < 1.29 is 19.1 Å². The molecule has 1 saturated carbocycles. The summed E-state index contributed by atoms with van der Waals surface area (Å²) in [5.74, 6) is 1.20. The number of hydrogen-bond donors (Lipinski definition) is 2. The summed E-state index contributed by atoms with van der Waals surface area (Å²) >= 11 is 0. The quantitative estimate of drug-likeness (QED) is 0.693. The van der Waals surface area contributed by atoms with Gasteiger partial charge in [-0.1, -0.05) is 24.3 Å². The maximum absolute atomic E-state index is 12.2. The van der Waals surface area contributed by atoms with E-state index in [0.717, 1.165) is 24.1 Å². The minimum absolute atomic E-state index is 0.0820. The lowest BCUT2D eigenvalue weighted by atomic mass is 10.1. The highest BCUT2D eigenvalue weighted by Crippen LogP contribution is 2.30. The third kappa shape index (κ3) is 5.49. The topological polar surface area (TPSA) is 76.7 Å². The number of nitrogens with one attached hydrogen (secondary N) is 2. The van der Waals surface area contributed by atoms with Gasteiger partial charge in [0.15, 0.2) is 18.1 Å². The van der Waals surface area contributed by atoms with Crippen molar-refractivity contribution in [2.24, 2.45) is 5.92 Å². The first kappa shape index (κ1) is 19.7. The van der Waals surface area contributed by atoms with E-state index in [2.05, 4.69) is 10.6 Å². The molecular formula is C22H26N2O4. The predicted molar refractivity (Wildman–Crippen MR) is 107 cm³/mol. The van der Waals surface area contributed by atoms with Gasteiger partial charge in [-0.25, -0.2) is 0 Å². The maximum atomic E-state index is 12.2. The first-order valence-electron chi connectivity index (χ1n) is 9.61. The van der Waals surface area contributed by atoms with E-state index in [1.165, 1.54) is 0 Å². The zero-order valence-electron chi connectivity index (χ0n) is 16.2. The van der Waals surface area contributed by atoms with Crippen LogP contribution < -0.4 is 20.1 Å². The Morgan fingerprint density at radius 2 is 1.68 bits per heavy atom. The second-order valence-electron chi connectivity index (χ2n) is 6.84. The molecular weight excluding hydrogens is 356 g/mol. The zero-order valence-corrected chi connectivity index (χ0v) is 16.2. The molecule has 0 bridgehead atoms. The Morgan fingerprint density at radius 3 is 2.29 bits per heavy atom. The molecule has 0 aromatic heterocycles. The lowest BCUT2D eigenvalue weighted by Crippen LogP contribution is -2.31. The Bertz CT molecular complexity index is 816. The second kappa shape index (κ2) is 9.26. The molecule has 2 aromatic carbocycles. The lowest BCUT2D eigenvalue weighted by Gasteiger charge is -2.16. The third-order valence-electron chi connectivity index (χ3n) is 4.51. The Morgan fingerprint density at radius 1 is 1.04 bits per heavy atom. The van der Waals surface area contributed by atoms with Crippen LogP contribution in [0.2, 0.25) is 0 Å². The van der Waals surface area contributed by atoms with Crippen molar-refractivity contribution in [3.8, 4) is 11.5 Å². The van der Waals surface area contributed by atoms with E-state index in [1.807, 2.05) is 56.3 Å². The molecule has 0 spiro atoms. The number of rotatable bonds is 9. The van der Waals surface area contributed by atoms with Crippen LogP contribution in [-0.2, 0) is 9.59 Å². The molecule has 1 aliphatic rings. The largest absolute Gasteiger partial charge is 0.490 e. The van der Waals surface area contributed by atoms with Gasteiger partial charge in [-0.3, -0.25) is 9.59 Å². The number of anilines is 1. The van der Waals surface area contributed by atoms with Gasteiger partial charge in [0.1, 0.15) is 0 Å². The maximum Gasteiger partial charge on any atom is 0.258 e. The SMILES string of the molecule is CCOc1ccccc1OCC(=O)NC(C)c1ccc(NC(=O)C2CC2)cc1. The molecule has 6 heteroatoms. The molecule has 28 heavy (non-hydrogen) atoms. The molecule has 6 nitrogen and oxygen atoms in total. The molecule has 2 N–H and O–H groups in total. The molecule has 0 aliphatic heterocycles. The third-order valence-corrected chi connectivity index (χ3v) is 4.51. The van der Waals surface area contributed by atoms with E-state index in [9.17, 15) is 9.59 Å². The van der Waals surface area contributed by atoms with Gasteiger partial charge in [-0.05, 0) is 56.5 Å². The summed E-state index contributed by atoms with van der Waals surface area (Å²) in [5, 5.41) is 5.82. The molecule has 2 amide bonds. The monoisotopic (exact) mass is 382 g/mol. The molecule has 2 aromatic rings. The Kier molecular flexibility index (Phi) is 6.53. The molecule has 1 unspecified atom stereocenters. The normalized spacial score (nSPS) is 14.1. The lowest BCUT2D eigenvalue weighted by molar-refractivity contribution is -0.123. The fourth-order valence-corrected chi connectivity index (χ4v) is 2.80. The summed E-state index contributed by atoms with van der Waals surface area (Å²) in [6, 6.07) is 14.6. The smallest absolute Gasteiger partial charge is 0.258 e. The molecule has 1 fully saturated rings. The van der Waals surface area contributed by atoms with Gasteiger partial charge >= 0.3 is 0 Å². The van der Waals surface area contributed by atoms with Crippen molar-refractivity contribution in [3.63, 3.8) is 0 Å². The van der Waals surface area contributed by atoms with E-state index in [4.69, 9.17) is 9.47 Å². The van der Waals surface area contributed by atoms with Gasteiger partial charge < -0.3 is 20.1 Å². The van der Waals surface area contributed by atoms with Crippen LogP contribution in [0, 0.1) is 5.92 Å². The Balaban J connectivity index is 1.49. The van der Waals surface area contributed by atoms with Gasteiger partial charge in [0.2, 0.25) is 5.91 Å². The first-order chi connectivity index (χ1) is 13.6. The average Bonchev–Trinajstić information content (AvgIpc) is 3.53. The highest BCUT2D eigenvalue weighted by Gasteiger charge is 2.29. The molecule has 148 valence electrons. The van der Waals surface area contributed by atoms with Crippen LogP contribution in [-0.4, -0.2) is 25.0 Å². The second-order valence-corrected chi connectivity index (χ2v) is 6.84. The number of para-hydroxylation sites is 2. The summed E-state index contributed by atoms with van der Waals surface area (Å²) in [7, 11) is 0. The van der Waals surface area contributed by atoms with Crippen molar-refractivity contribution in [2.45, 2.75) is 32.7 Å². The van der Waals surface area contributed by atoms with Gasteiger partial charge in [0.25, 0.3) is 5.91 Å².